The summed E-state index contributed by atoms with van der Waals surface area (Å²) in [4.78, 5) is 16.9. The molecule has 1 heterocycles. The van der Waals surface area contributed by atoms with E-state index in [4.69, 9.17) is 10.5 Å². The molecule has 1 amide bonds. The first-order valence-corrected chi connectivity index (χ1v) is 9.46. The van der Waals surface area contributed by atoms with Gasteiger partial charge in [0.1, 0.15) is 5.75 Å². The van der Waals surface area contributed by atoms with E-state index >= 15 is 0 Å². The predicted octanol–water partition coefficient (Wildman–Crippen LogP) is 2.55. The van der Waals surface area contributed by atoms with Crippen LogP contribution < -0.4 is 15.4 Å². The Balaban J connectivity index is 1.63. The van der Waals surface area contributed by atoms with Crippen LogP contribution in [0, 0.1) is 5.41 Å². The molecule has 27 heavy (non-hydrogen) atoms. The summed E-state index contributed by atoms with van der Waals surface area (Å²) in [6, 6.07) is 18.2. The third-order valence-corrected chi connectivity index (χ3v) is 5.40. The van der Waals surface area contributed by atoms with E-state index in [0.29, 0.717) is 13.0 Å². The Hall–Kier alpha value is -2.53. The number of methoxy groups -OCH3 is 1. The number of ether oxygens (including phenoxy) is 1. The van der Waals surface area contributed by atoms with Crippen LogP contribution in [0.1, 0.15) is 12.5 Å². The van der Waals surface area contributed by atoms with Gasteiger partial charge in [0.25, 0.3) is 0 Å². The monoisotopic (exact) mass is 367 g/mol. The summed E-state index contributed by atoms with van der Waals surface area (Å²) in [6.07, 6.45) is 0.663. The van der Waals surface area contributed by atoms with Gasteiger partial charge >= 0.3 is 0 Å². The molecule has 5 heteroatoms. The fourth-order valence-corrected chi connectivity index (χ4v) is 3.80. The molecule has 0 aromatic heterocycles. The van der Waals surface area contributed by atoms with Gasteiger partial charge in [0.2, 0.25) is 5.91 Å². The highest BCUT2D eigenvalue weighted by molar-refractivity contribution is 5.81. The molecule has 1 unspecified atom stereocenters. The zero-order valence-corrected chi connectivity index (χ0v) is 16.2. The Kier molecular flexibility index (Phi) is 6.01. The summed E-state index contributed by atoms with van der Waals surface area (Å²) in [5.41, 5.74) is 7.50. The summed E-state index contributed by atoms with van der Waals surface area (Å²) < 4.78 is 5.49. The largest absolute Gasteiger partial charge is 0.495 e. The lowest BCUT2D eigenvalue weighted by Crippen LogP contribution is -2.52. The topological polar surface area (TPSA) is 58.8 Å². The lowest BCUT2D eigenvalue weighted by molar-refractivity contribution is -0.128. The number of piperazine rings is 1. The molecule has 1 atom stereocenters. The van der Waals surface area contributed by atoms with Crippen molar-refractivity contribution >= 4 is 11.6 Å². The molecule has 2 aromatic rings. The lowest BCUT2D eigenvalue weighted by atomic mass is 9.82. The maximum atomic E-state index is 12.2. The minimum atomic E-state index is -0.575. The number of nitrogens with two attached hydrogens (primary N) is 1. The van der Waals surface area contributed by atoms with Gasteiger partial charge in [-0.25, -0.2) is 0 Å². The van der Waals surface area contributed by atoms with Crippen molar-refractivity contribution in [2.75, 3.05) is 44.7 Å². The van der Waals surface area contributed by atoms with Crippen LogP contribution in [-0.4, -0.2) is 50.6 Å². The number of carbonyl (C=O) groups is 1. The van der Waals surface area contributed by atoms with E-state index in [2.05, 4.69) is 28.0 Å². The molecular weight excluding hydrogens is 338 g/mol. The number of anilines is 1. The van der Waals surface area contributed by atoms with E-state index < -0.39 is 5.41 Å². The summed E-state index contributed by atoms with van der Waals surface area (Å²) >= 11 is 0. The van der Waals surface area contributed by atoms with E-state index in [0.717, 1.165) is 43.2 Å². The van der Waals surface area contributed by atoms with Gasteiger partial charge in [0, 0.05) is 32.7 Å². The van der Waals surface area contributed by atoms with E-state index in [1.165, 1.54) is 0 Å². The molecule has 3 rings (SSSR count). The highest BCUT2D eigenvalue weighted by Gasteiger charge is 2.34. The quantitative estimate of drug-likeness (QED) is 0.817. The zero-order valence-electron chi connectivity index (χ0n) is 16.2. The van der Waals surface area contributed by atoms with Crippen LogP contribution in [0.5, 0.6) is 5.75 Å². The van der Waals surface area contributed by atoms with Crippen molar-refractivity contribution in [3.63, 3.8) is 0 Å². The number of para-hydroxylation sites is 2. The SMILES string of the molecule is COc1ccccc1N1CCN(CC(C)(Cc2ccccc2)C(N)=O)CC1. The molecule has 2 N–H and O–H groups in total. The van der Waals surface area contributed by atoms with E-state index in [-0.39, 0.29) is 5.91 Å². The van der Waals surface area contributed by atoms with Crippen LogP contribution in [0.15, 0.2) is 54.6 Å². The maximum Gasteiger partial charge on any atom is 0.224 e. The van der Waals surface area contributed by atoms with Gasteiger partial charge in [-0.2, -0.15) is 0 Å². The van der Waals surface area contributed by atoms with Gasteiger partial charge < -0.3 is 15.4 Å². The third kappa shape index (κ3) is 4.61. The third-order valence-electron chi connectivity index (χ3n) is 5.40. The fourth-order valence-electron chi connectivity index (χ4n) is 3.80. The molecule has 0 saturated carbocycles. The van der Waals surface area contributed by atoms with Crippen molar-refractivity contribution in [3.05, 3.63) is 60.2 Å². The molecule has 2 aromatic carbocycles. The number of primary amides is 1. The van der Waals surface area contributed by atoms with Crippen LogP contribution in [0.2, 0.25) is 0 Å². The first-order valence-electron chi connectivity index (χ1n) is 9.46. The second-order valence-electron chi connectivity index (χ2n) is 7.52. The second-order valence-corrected chi connectivity index (χ2v) is 7.52. The summed E-state index contributed by atoms with van der Waals surface area (Å²) in [7, 11) is 1.71. The van der Waals surface area contributed by atoms with Gasteiger partial charge in [0.05, 0.1) is 18.2 Å². The number of nitrogens with zero attached hydrogens (tertiary/aromatic N) is 2. The average molecular weight is 367 g/mol. The molecule has 0 radical (unpaired) electrons. The molecule has 1 saturated heterocycles. The maximum absolute atomic E-state index is 12.2. The summed E-state index contributed by atoms with van der Waals surface area (Å²) in [5.74, 6) is 0.663. The van der Waals surface area contributed by atoms with Gasteiger partial charge in [0.15, 0.2) is 0 Å². The first-order chi connectivity index (χ1) is 13.0. The molecule has 1 fully saturated rings. The number of rotatable bonds is 7. The average Bonchev–Trinajstić information content (AvgIpc) is 2.69. The second kappa shape index (κ2) is 8.44. The Labute approximate surface area is 161 Å². The van der Waals surface area contributed by atoms with E-state index in [1.54, 1.807) is 7.11 Å². The first kappa shape index (κ1) is 19.2. The smallest absolute Gasteiger partial charge is 0.224 e. The summed E-state index contributed by atoms with van der Waals surface area (Å²) in [6.45, 7) is 6.26. The normalized spacial score (nSPS) is 17.3. The van der Waals surface area contributed by atoms with Crippen molar-refractivity contribution in [2.45, 2.75) is 13.3 Å². The van der Waals surface area contributed by atoms with Gasteiger partial charge in [-0.05, 0) is 31.0 Å². The number of hydrogen-bond donors (Lipinski definition) is 1. The van der Waals surface area contributed by atoms with Crippen molar-refractivity contribution in [1.82, 2.24) is 4.90 Å². The highest BCUT2D eigenvalue weighted by Crippen LogP contribution is 2.29. The number of amides is 1. The van der Waals surface area contributed by atoms with E-state index in [1.807, 2.05) is 43.3 Å². The van der Waals surface area contributed by atoms with Crippen LogP contribution in [0.3, 0.4) is 0 Å². The standard InChI is InChI=1S/C22H29N3O2/c1-22(21(23)26,16-18-8-4-3-5-9-18)17-24-12-14-25(15-13-24)19-10-6-7-11-20(19)27-2/h3-11H,12-17H2,1-2H3,(H2,23,26). The Morgan fingerprint density at radius 2 is 1.67 bits per heavy atom. The fraction of sp³-hybridized carbons (Fsp3) is 0.409. The van der Waals surface area contributed by atoms with Crippen molar-refractivity contribution in [2.24, 2.45) is 11.1 Å². The molecule has 0 spiro atoms. The van der Waals surface area contributed by atoms with Crippen LogP contribution in [-0.2, 0) is 11.2 Å². The van der Waals surface area contributed by atoms with Crippen molar-refractivity contribution in [1.29, 1.82) is 0 Å². The van der Waals surface area contributed by atoms with Gasteiger partial charge in [-0.15, -0.1) is 0 Å². The Morgan fingerprint density at radius 3 is 2.30 bits per heavy atom. The highest BCUT2D eigenvalue weighted by atomic mass is 16.5. The lowest BCUT2D eigenvalue weighted by Gasteiger charge is -2.40. The van der Waals surface area contributed by atoms with Crippen LogP contribution >= 0.6 is 0 Å². The predicted molar refractivity (Wildman–Crippen MR) is 109 cm³/mol. The Morgan fingerprint density at radius 1 is 1.04 bits per heavy atom. The van der Waals surface area contributed by atoms with Crippen LogP contribution in [0.4, 0.5) is 5.69 Å². The van der Waals surface area contributed by atoms with E-state index in [9.17, 15) is 4.79 Å². The molecular formula is C22H29N3O2. The number of carbonyl (C=O) groups excluding carboxylic acids is 1. The number of hydrogen-bond acceptors (Lipinski definition) is 4. The van der Waals surface area contributed by atoms with Gasteiger partial charge in [-0.1, -0.05) is 42.5 Å². The molecule has 0 aliphatic carbocycles. The minimum Gasteiger partial charge on any atom is -0.495 e. The molecule has 0 bridgehead atoms. The van der Waals surface area contributed by atoms with Crippen LogP contribution in [0.25, 0.3) is 0 Å². The zero-order chi connectivity index (χ0) is 19.3. The van der Waals surface area contributed by atoms with Crippen molar-refractivity contribution < 1.29 is 9.53 Å². The summed E-state index contributed by atoms with van der Waals surface area (Å²) in [5, 5.41) is 0. The molecule has 144 valence electrons. The molecule has 1 aliphatic heterocycles. The van der Waals surface area contributed by atoms with Gasteiger partial charge in [-0.3, -0.25) is 9.69 Å². The number of benzene rings is 2. The minimum absolute atomic E-state index is 0.237. The molecule has 1 aliphatic rings. The Bertz CT molecular complexity index is 757. The molecule has 5 nitrogen and oxygen atoms in total. The van der Waals surface area contributed by atoms with Crippen molar-refractivity contribution in [3.8, 4) is 5.75 Å².